The Balaban J connectivity index is 1.83. The van der Waals surface area contributed by atoms with E-state index in [9.17, 15) is 17.2 Å². The maximum atomic E-state index is 12.5. The lowest BCUT2D eigenvalue weighted by molar-refractivity contribution is 0.147. The third-order valence-electron chi connectivity index (χ3n) is 3.25. The first-order chi connectivity index (χ1) is 12.4. The first kappa shape index (κ1) is 18.2. The Morgan fingerprint density at radius 3 is 2.85 bits per heavy atom. The second-order valence-corrected chi connectivity index (χ2v) is 7.59. The van der Waals surface area contributed by atoms with Gasteiger partial charge in [0.2, 0.25) is 18.3 Å². The van der Waals surface area contributed by atoms with Crippen LogP contribution in [0.5, 0.6) is 5.88 Å². The van der Waals surface area contributed by atoms with Gasteiger partial charge in [-0.3, -0.25) is 0 Å². The number of ether oxygens (including phenoxy) is 1. The minimum absolute atomic E-state index is 0.0399. The van der Waals surface area contributed by atoms with E-state index in [4.69, 9.17) is 4.74 Å². The van der Waals surface area contributed by atoms with Crippen LogP contribution in [0.15, 0.2) is 34.9 Å². The summed E-state index contributed by atoms with van der Waals surface area (Å²) in [4.78, 5) is 14.5. The van der Waals surface area contributed by atoms with E-state index in [1.54, 1.807) is 11.6 Å². The van der Waals surface area contributed by atoms with E-state index in [0.29, 0.717) is 10.7 Å². The van der Waals surface area contributed by atoms with Crippen LogP contribution in [0.1, 0.15) is 5.56 Å². The van der Waals surface area contributed by atoms with Gasteiger partial charge in [0.25, 0.3) is 10.0 Å². The summed E-state index contributed by atoms with van der Waals surface area (Å²) in [6.07, 6.45) is 0.828. The fraction of sp³-hybridized carbons (Fsp3) is 0.214. The van der Waals surface area contributed by atoms with Gasteiger partial charge in [0.05, 0.1) is 12.8 Å². The first-order valence-electron chi connectivity index (χ1n) is 7.18. The lowest BCUT2D eigenvalue weighted by atomic mass is 10.2. The molecule has 0 atom stereocenters. The van der Waals surface area contributed by atoms with Crippen molar-refractivity contribution in [2.24, 2.45) is 0 Å². The number of thiazole rings is 1. The molecule has 2 N–H and O–H groups in total. The number of sulfonamides is 1. The number of alkyl halides is 2. The van der Waals surface area contributed by atoms with Gasteiger partial charge in [-0.05, 0) is 6.07 Å². The molecule has 0 saturated carbocycles. The van der Waals surface area contributed by atoms with E-state index in [-0.39, 0.29) is 22.3 Å². The summed E-state index contributed by atoms with van der Waals surface area (Å²) in [6, 6.07) is 1.42. The molecule has 0 amide bonds. The van der Waals surface area contributed by atoms with Crippen LogP contribution in [-0.2, 0) is 16.4 Å². The van der Waals surface area contributed by atoms with Gasteiger partial charge in [0, 0.05) is 36.0 Å². The number of methoxy groups -OCH3 is 1. The van der Waals surface area contributed by atoms with E-state index in [1.807, 2.05) is 0 Å². The SMILES string of the molecule is COc1nc(NS(=O)(=O)c2c[nH]c(-c3nccs3)c2)ncc1CC(F)F. The van der Waals surface area contributed by atoms with Crippen LogP contribution in [0.4, 0.5) is 14.7 Å². The Kier molecular flexibility index (Phi) is 5.13. The van der Waals surface area contributed by atoms with Crippen LogP contribution in [0.2, 0.25) is 0 Å². The van der Waals surface area contributed by atoms with Gasteiger partial charge in [0.1, 0.15) is 9.90 Å². The average Bonchev–Trinajstić information content (AvgIpc) is 3.26. The zero-order valence-electron chi connectivity index (χ0n) is 13.3. The van der Waals surface area contributed by atoms with Crippen molar-refractivity contribution < 1.29 is 21.9 Å². The minimum Gasteiger partial charge on any atom is -0.481 e. The van der Waals surface area contributed by atoms with Crippen molar-refractivity contribution >= 4 is 27.3 Å². The molecule has 3 rings (SSSR count). The molecule has 0 fully saturated rings. The molecule has 12 heteroatoms. The number of hydrogen-bond acceptors (Lipinski definition) is 7. The van der Waals surface area contributed by atoms with Gasteiger partial charge >= 0.3 is 0 Å². The number of halogens is 2. The van der Waals surface area contributed by atoms with Gasteiger partial charge in [-0.1, -0.05) is 0 Å². The summed E-state index contributed by atoms with van der Waals surface area (Å²) in [7, 11) is -2.73. The van der Waals surface area contributed by atoms with Crippen LogP contribution in [0.3, 0.4) is 0 Å². The molecule has 138 valence electrons. The van der Waals surface area contributed by atoms with E-state index >= 15 is 0 Å². The van der Waals surface area contributed by atoms with E-state index in [1.165, 1.54) is 30.7 Å². The van der Waals surface area contributed by atoms with Gasteiger partial charge in [-0.25, -0.2) is 31.9 Å². The molecule has 8 nitrogen and oxygen atoms in total. The summed E-state index contributed by atoms with van der Waals surface area (Å²) in [5.41, 5.74) is 0.629. The molecule has 3 aromatic rings. The average molecular weight is 401 g/mol. The van der Waals surface area contributed by atoms with Crippen molar-refractivity contribution in [3.05, 3.63) is 35.6 Å². The smallest absolute Gasteiger partial charge is 0.265 e. The van der Waals surface area contributed by atoms with Gasteiger partial charge in [-0.2, -0.15) is 4.98 Å². The van der Waals surface area contributed by atoms with Crippen molar-refractivity contribution in [3.63, 3.8) is 0 Å². The van der Waals surface area contributed by atoms with Crippen LogP contribution in [0.25, 0.3) is 10.7 Å². The molecular weight excluding hydrogens is 388 g/mol. The highest BCUT2D eigenvalue weighted by Crippen LogP contribution is 2.25. The molecule has 0 radical (unpaired) electrons. The number of nitrogens with zero attached hydrogens (tertiary/aromatic N) is 3. The predicted molar refractivity (Wildman–Crippen MR) is 91.0 cm³/mol. The molecular formula is C14H13F2N5O3S2. The number of hydrogen-bond donors (Lipinski definition) is 2. The molecule has 0 aromatic carbocycles. The fourth-order valence-corrected chi connectivity index (χ4v) is 3.67. The van der Waals surface area contributed by atoms with Gasteiger partial charge in [0.15, 0.2) is 0 Å². The monoisotopic (exact) mass is 401 g/mol. The largest absolute Gasteiger partial charge is 0.481 e. The molecule has 0 saturated heterocycles. The summed E-state index contributed by atoms with van der Waals surface area (Å²) >= 11 is 1.36. The minimum atomic E-state index is -3.98. The maximum absolute atomic E-state index is 12.5. The second-order valence-electron chi connectivity index (χ2n) is 5.02. The maximum Gasteiger partial charge on any atom is 0.265 e. The second kappa shape index (κ2) is 7.33. The van der Waals surface area contributed by atoms with Crippen LogP contribution in [0, 0.1) is 0 Å². The zero-order valence-corrected chi connectivity index (χ0v) is 14.9. The predicted octanol–water partition coefficient (Wildman–Crippen LogP) is 2.55. The van der Waals surface area contributed by atoms with Crippen molar-refractivity contribution in [2.75, 3.05) is 11.8 Å². The van der Waals surface area contributed by atoms with Crippen LogP contribution < -0.4 is 9.46 Å². The number of rotatable bonds is 7. The summed E-state index contributed by atoms with van der Waals surface area (Å²) in [6.45, 7) is 0. The number of aromatic amines is 1. The molecule has 3 heterocycles. The standard InChI is InChI=1S/C14H13F2N5O3S2/c1-24-12-8(4-11(15)16)6-19-14(20-12)21-26(22,23)9-5-10(18-7-9)13-17-2-3-25-13/h2-3,5-7,11,18H,4H2,1H3,(H,19,20,21). The Morgan fingerprint density at radius 1 is 1.38 bits per heavy atom. The number of H-pyrrole nitrogens is 1. The summed E-state index contributed by atoms with van der Waals surface area (Å²) < 4.78 is 57.1. The third-order valence-corrected chi connectivity index (χ3v) is 5.36. The number of aromatic nitrogens is 4. The molecule has 0 aliphatic rings. The molecule has 0 bridgehead atoms. The van der Waals surface area contributed by atoms with Crippen molar-refractivity contribution in [1.29, 1.82) is 0 Å². The van der Waals surface area contributed by atoms with Crippen LogP contribution >= 0.6 is 11.3 Å². The molecule has 3 aromatic heterocycles. The molecule has 26 heavy (non-hydrogen) atoms. The number of nitrogens with one attached hydrogen (secondary N) is 2. The highest BCUT2D eigenvalue weighted by atomic mass is 32.2. The third kappa shape index (κ3) is 3.96. The highest BCUT2D eigenvalue weighted by molar-refractivity contribution is 7.92. The molecule has 0 spiro atoms. The Morgan fingerprint density at radius 2 is 2.19 bits per heavy atom. The topological polar surface area (TPSA) is 110 Å². The summed E-state index contributed by atoms with van der Waals surface area (Å²) in [5, 5.41) is 2.41. The quantitative estimate of drug-likeness (QED) is 0.630. The Labute approximate surface area is 151 Å². The molecule has 0 aliphatic heterocycles. The zero-order chi connectivity index (χ0) is 18.7. The van der Waals surface area contributed by atoms with Gasteiger partial charge in [-0.15, -0.1) is 11.3 Å². The lowest BCUT2D eigenvalue weighted by Gasteiger charge is -2.09. The Bertz CT molecular complexity index is 990. The van der Waals surface area contributed by atoms with Crippen molar-refractivity contribution in [2.45, 2.75) is 17.7 Å². The van der Waals surface area contributed by atoms with E-state index in [0.717, 1.165) is 6.20 Å². The Hall–Kier alpha value is -2.60. The van der Waals surface area contributed by atoms with Crippen molar-refractivity contribution in [1.82, 2.24) is 19.9 Å². The normalized spacial score (nSPS) is 11.7. The van der Waals surface area contributed by atoms with Crippen molar-refractivity contribution in [3.8, 4) is 16.6 Å². The molecule has 0 aliphatic carbocycles. The van der Waals surface area contributed by atoms with E-state index in [2.05, 4.69) is 24.7 Å². The number of anilines is 1. The highest BCUT2D eigenvalue weighted by Gasteiger charge is 2.20. The summed E-state index contributed by atoms with van der Waals surface area (Å²) in [5.74, 6) is -0.396. The fourth-order valence-electron chi connectivity index (χ4n) is 2.11. The lowest BCUT2D eigenvalue weighted by Crippen LogP contribution is -2.15. The molecule has 0 unspecified atom stereocenters. The first-order valence-corrected chi connectivity index (χ1v) is 9.54. The van der Waals surface area contributed by atoms with Gasteiger partial charge < -0.3 is 9.72 Å². The van der Waals surface area contributed by atoms with Crippen LogP contribution in [-0.4, -0.2) is 41.9 Å². The van der Waals surface area contributed by atoms with E-state index < -0.39 is 22.9 Å².